The van der Waals surface area contributed by atoms with E-state index in [0.29, 0.717) is 12.8 Å². The number of esters is 1. The third-order valence-electron chi connectivity index (χ3n) is 6.75. The Morgan fingerprint density at radius 2 is 1.70 bits per heavy atom. The third kappa shape index (κ3) is 10.8. The van der Waals surface area contributed by atoms with Crippen molar-refractivity contribution in [1.82, 2.24) is 16.0 Å². The SMILES string of the molecule is C=CC[C@@H](CC(=O)NC1(CO)CCCC1)C(=O)NC(C)(C)COC(=O)[C@@H](CC=C)NC(=O)OCc1ccccc1. The molecule has 0 spiro atoms. The van der Waals surface area contributed by atoms with E-state index in [4.69, 9.17) is 9.47 Å². The Balaban J connectivity index is 1.88. The molecule has 1 aromatic carbocycles. The fourth-order valence-corrected chi connectivity index (χ4v) is 4.54. The maximum Gasteiger partial charge on any atom is 0.408 e. The molecule has 0 bridgehead atoms. The minimum atomic E-state index is -1.01. The Morgan fingerprint density at radius 1 is 1.05 bits per heavy atom. The van der Waals surface area contributed by atoms with E-state index in [2.05, 4.69) is 29.1 Å². The van der Waals surface area contributed by atoms with Gasteiger partial charge in [-0.05, 0) is 45.1 Å². The molecule has 1 saturated carbocycles. The highest BCUT2D eigenvalue weighted by Gasteiger charge is 2.36. The van der Waals surface area contributed by atoms with E-state index in [1.807, 2.05) is 30.3 Å². The Labute approximate surface area is 236 Å². The molecule has 0 unspecified atom stereocenters. The number of nitrogens with one attached hydrogen (secondary N) is 3. The first-order chi connectivity index (χ1) is 19.0. The van der Waals surface area contributed by atoms with Crippen molar-refractivity contribution in [3.63, 3.8) is 0 Å². The first-order valence-electron chi connectivity index (χ1n) is 13.6. The number of hydrogen-bond donors (Lipinski definition) is 4. The first-order valence-corrected chi connectivity index (χ1v) is 13.6. The van der Waals surface area contributed by atoms with Gasteiger partial charge in [-0.1, -0.05) is 55.3 Å². The topological polar surface area (TPSA) is 143 Å². The molecule has 0 aromatic heterocycles. The fourth-order valence-electron chi connectivity index (χ4n) is 4.54. The highest BCUT2D eigenvalue weighted by Crippen LogP contribution is 2.29. The summed E-state index contributed by atoms with van der Waals surface area (Å²) in [6, 6.07) is 8.11. The number of amides is 3. The zero-order chi connectivity index (χ0) is 29.6. The minimum absolute atomic E-state index is 0.0481. The molecule has 40 heavy (non-hydrogen) atoms. The molecule has 1 aliphatic carbocycles. The molecule has 1 aliphatic rings. The number of aliphatic hydroxyl groups excluding tert-OH is 1. The average Bonchev–Trinajstić information content (AvgIpc) is 3.39. The van der Waals surface area contributed by atoms with Crippen LogP contribution in [-0.2, 0) is 30.5 Å². The molecule has 4 N–H and O–H groups in total. The molecule has 220 valence electrons. The minimum Gasteiger partial charge on any atom is -0.462 e. The van der Waals surface area contributed by atoms with Crippen LogP contribution >= 0.6 is 0 Å². The summed E-state index contributed by atoms with van der Waals surface area (Å²) in [7, 11) is 0. The van der Waals surface area contributed by atoms with Crippen LogP contribution in [0.2, 0.25) is 0 Å². The molecule has 0 aliphatic heterocycles. The zero-order valence-corrected chi connectivity index (χ0v) is 23.6. The Morgan fingerprint density at radius 3 is 2.30 bits per heavy atom. The predicted molar refractivity (Wildman–Crippen MR) is 151 cm³/mol. The number of ether oxygens (including phenoxy) is 2. The molecule has 1 fully saturated rings. The molecule has 3 amide bonds. The molecule has 10 nitrogen and oxygen atoms in total. The monoisotopic (exact) mass is 557 g/mol. The summed E-state index contributed by atoms with van der Waals surface area (Å²) in [4.78, 5) is 50.8. The van der Waals surface area contributed by atoms with Crippen LogP contribution in [0.25, 0.3) is 0 Å². The lowest BCUT2D eigenvalue weighted by molar-refractivity contribution is -0.149. The third-order valence-corrected chi connectivity index (χ3v) is 6.75. The van der Waals surface area contributed by atoms with Crippen molar-refractivity contribution in [2.75, 3.05) is 13.2 Å². The quantitative estimate of drug-likeness (QED) is 0.180. The number of hydrogen-bond acceptors (Lipinski definition) is 7. The first kappa shape index (κ1) is 32.6. The van der Waals surface area contributed by atoms with Crippen LogP contribution in [0, 0.1) is 5.92 Å². The van der Waals surface area contributed by atoms with Crippen molar-refractivity contribution in [2.45, 2.75) is 82.5 Å². The second-order valence-electron chi connectivity index (χ2n) is 10.9. The second kappa shape index (κ2) is 15.8. The average molecular weight is 558 g/mol. The van der Waals surface area contributed by atoms with Crippen molar-refractivity contribution in [1.29, 1.82) is 0 Å². The van der Waals surface area contributed by atoms with E-state index in [9.17, 15) is 24.3 Å². The summed E-state index contributed by atoms with van der Waals surface area (Å²) in [5.74, 6) is -2.07. The molecule has 0 heterocycles. The Hall–Kier alpha value is -3.66. The van der Waals surface area contributed by atoms with Crippen molar-refractivity contribution >= 4 is 23.9 Å². The summed E-state index contributed by atoms with van der Waals surface area (Å²) in [6.07, 6.45) is 5.90. The van der Waals surface area contributed by atoms with Crippen LogP contribution in [0.1, 0.15) is 64.4 Å². The van der Waals surface area contributed by atoms with E-state index in [0.717, 1.165) is 18.4 Å². The molecular formula is C30H43N3O7. The Bertz CT molecular complexity index is 1020. The van der Waals surface area contributed by atoms with Gasteiger partial charge >= 0.3 is 12.1 Å². The summed E-state index contributed by atoms with van der Waals surface area (Å²) in [5.41, 5.74) is -0.784. The number of rotatable bonds is 16. The number of carbonyl (C=O) groups is 4. The summed E-state index contributed by atoms with van der Waals surface area (Å²) in [6.45, 7) is 10.4. The van der Waals surface area contributed by atoms with E-state index in [1.54, 1.807) is 19.9 Å². The van der Waals surface area contributed by atoms with E-state index in [1.165, 1.54) is 6.08 Å². The summed E-state index contributed by atoms with van der Waals surface area (Å²) in [5, 5.41) is 18.0. The van der Waals surface area contributed by atoms with Crippen molar-refractivity contribution in [2.24, 2.45) is 5.92 Å². The molecule has 1 aromatic rings. The maximum atomic E-state index is 13.1. The molecule has 2 atom stereocenters. The highest BCUT2D eigenvalue weighted by molar-refractivity contribution is 5.86. The maximum absolute atomic E-state index is 13.1. The molecule has 10 heteroatoms. The van der Waals surface area contributed by atoms with Crippen molar-refractivity contribution < 1.29 is 33.8 Å². The van der Waals surface area contributed by atoms with Gasteiger partial charge in [-0.2, -0.15) is 0 Å². The van der Waals surface area contributed by atoms with Gasteiger partial charge in [0.15, 0.2) is 0 Å². The van der Waals surface area contributed by atoms with E-state index < -0.39 is 35.1 Å². The molecular weight excluding hydrogens is 514 g/mol. The van der Waals surface area contributed by atoms with Crippen LogP contribution in [0.5, 0.6) is 0 Å². The van der Waals surface area contributed by atoms with Crippen LogP contribution in [-0.4, -0.2) is 59.3 Å². The van der Waals surface area contributed by atoms with Crippen LogP contribution < -0.4 is 16.0 Å². The number of carbonyl (C=O) groups excluding carboxylic acids is 4. The van der Waals surface area contributed by atoms with Crippen molar-refractivity contribution in [3.05, 3.63) is 61.2 Å². The lowest BCUT2D eigenvalue weighted by Crippen LogP contribution is -2.52. The molecule has 0 saturated heterocycles. The highest BCUT2D eigenvalue weighted by atomic mass is 16.6. The van der Waals surface area contributed by atoms with Gasteiger partial charge in [0.25, 0.3) is 0 Å². The number of alkyl carbamates (subject to hydrolysis) is 1. The van der Waals surface area contributed by atoms with Gasteiger partial charge in [0.2, 0.25) is 11.8 Å². The van der Waals surface area contributed by atoms with Gasteiger partial charge < -0.3 is 30.5 Å². The van der Waals surface area contributed by atoms with Gasteiger partial charge in [0, 0.05) is 6.42 Å². The van der Waals surface area contributed by atoms with Gasteiger partial charge in [-0.3, -0.25) is 9.59 Å². The lowest BCUT2D eigenvalue weighted by atomic mass is 9.95. The normalized spacial score (nSPS) is 15.7. The summed E-state index contributed by atoms with van der Waals surface area (Å²) >= 11 is 0. The number of allylic oxidation sites excluding steroid dienone is 1. The van der Waals surface area contributed by atoms with Gasteiger partial charge in [0.05, 0.1) is 23.6 Å². The molecule has 2 rings (SSSR count). The fraction of sp³-hybridized carbons (Fsp3) is 0.533. The lowest BCUT2D eigenvalue weighted by Gasteiger charge is -2.30. The predicted octanol–water partition coefficient (Wildman–Crippen LogP) is 3.30. The molecule has 0 radical (unpaired) electrons. The van der Waals surface area contributed by atoms with E-state index >= 15 is 0 Å². The van der Waals surface area contributed by atoms with Crippen LogP contribution in [0.4, 0.5) is 4.79 Å². The smallest absolute Gasteiger partial charge is 0.408 e. The largest absolute Gasteiger partial charge is 0.462 e. The van der Waals surface area contributed by atoms with Gasteiger partial charge in [-0.25, -0.2) is 9.59 Å². The second-order valence-corrected chi connectivity index (χ2v) is 10.9. The van der Waals surface area contributed by atoms with Crippen LogP contribution in [0.15, 0.2) is 55.6 Å². The summed E-state index contributed by atoms with van der Waals surface area (Å²) < 4.78 is 10.6. The van der Waals surface area contributed by atoms with E-state index in [-0.39, 0.29) is 50.9 Å². The van der Waals surface area contributed by atoms with Crippen molar-refractivity contribution in [3.8, 4) is 0 Å². The number of aliphatic hydroxyl groups is 1. The van der Waals surface area contributed by atoms with Gasteiger partial charge in [-0.15, -0.1) is 13.2 Å². The zero-order valence-electron chi connectivity index (χ0n) is 23.6. The van der Waals surface area contributed by atoms with Gasteiger partial charge in [0.1, 0.15) is 19.3 Å². The van der Waals surface area contributed by atoms with Crippen LogP contribution in [0.3, 0.4) is 0 Å². The standard InChI is InChI=1S/C30H43N3O7/c1-5-12-23(18-25(35)32-30(20-34)16-10-11-17-30)26(36)33-29(3,4)21-40-27(37)24(13-6-2)31-28(38)39-19-22-14-8-7-9-15-22/h5-9,14-15,23-24,34H,1-2,10-13,16-21H2,3-4H3,(H,31,38)(H,32,35)(H,33,36)/t23-,24+/m0/s1. The number of benzene rings is 1. The Kier molecular flexibility index (Phi) is 12.9.